The monoisotopic (exact) mass is 656 g/mol. The average molecular weight is 656 g/mol. The van der Waals surface area contributed by atoms with Gasteiger partial charge >= 0.3 is 5.97 Å². The molecule has 0 aliphatic carbocycles. The van der Waals surface area contributed by atoms with Crippen LogP contribution in [0.2, 0.25) is 0 Å². The summed E-state index contributed by atoms with van der Waals surface area (Å²) in [6.45, 7) is 8.87. The zero-order valence-electron chi connectivity index (χ0n) is 31.3. The molecule has 0 saturated carbocycles. The number of esters is 1. The number of rotatable bonds is 34. The lowest BCUT2D eigenvalue weighted by atomic mass is 10.1. The van der Waals surface area contributed by atoms with Crippen LogP contribution in [0.1, 0.15) is 181 Å². The van der Waals surface area contributed by atoms with Gasteiger partial charge in [0.1, 0.15) is 6.10 Å². The Morgan fingerprint density at radius 3 is 1.53 bits per heavy atom. The van der Waals surface area contributed by atoms with E-state index in [0.717, 1.165) is 58.3 Å². The van der Waals surface area contributed by atoms with Crippen molar-refractivity contribution in [3.05, 3.63) is 48.6 Å². The maximum atomic E-state index is 12.6. The molecule has 1 aliphatic rings. The molecular weight excluding hydrogens is 578 g/mol. The Labute approximate surface area is 292 Å². The van der Waals surface area contributed by atoms with Gasteiger partial charge in [-0.15, -0.1) is 0 Å². The first kappa shape index (κ1) is 43.4. The minimum atomic E-state index is -0.136. The highest BCUT2D eigenvalue weighted by atomic mass is 16.6. The fourth-order valence-electron chi connectivity index (χ4n) is 6.11. The molecule has 0 spiro atoms. The molecule has 4 nitrogen and oxygen atoms in total. The van der Waals surface area contributed by atoms with Crippen molar-refractivity contribution in [3.8, 4) is 0 Å². The number of carbonyl (C=O) groups is 1. The lowest BCUT2D eigenvalue weighted by Gasteiger charge is -2.23. The van der Waals surface area contributed by atoms with Crippen LogP contribution in [0.15, 0.2) is 48.6 Å². The summed E-state index contributed by atoms with van der Waals surface area (Å²) >= 11 is 0. The van der Waals surface area contributed by atoms with Crippen molar-refractivity contribution < 1.29 is 14.3 Å². The van der Waals surface area contributed by atoms with Crippen LogP contribution in [-0.4, -0.2) is 49.8 Å². The number of allylic oxidation sites excluding steroid dienone is 8. The first-order valence-corrected chi connectivity index (χ1v) is 20.4. The van der Waals surface area contributed by atoms with Gasteiger partial charge in [0.25, 0.3) is 0 Å². The molecule has 47 heavy (non-hydrogen) atoms. The van der Waals surface area contributed by atoms with Gasteiger partial charge < -0.3 is 9.47 Å². The van der Waals surface area contributed by atoms with Gasteiger partial charge in [0, 0.05) is 19.6 Å². The average Bonchev–Trinajstić information content (AvgIpc) is 3.59. The molecule has 1 fully saturated rings. The number of nitrogens with zero attached hydrogens (tertiary/aromatic N) is 1. The fourth-order valence-corrected chi connectivity index (χ4v) is 6.11. The van der Waals surface area contributed by atoms with Gasteiger partial charge in [-0.1, -0.05) is 133 Å². The molecule has 1 rings (SSSR count). The third-order valence-corrected chi connectivity index (χ3v) is 9.08. The molecule has 1 heterocycles. The van der Waals surface area contributed by atoms with Crippen molar-refractivity contribution in [2.75, 3.05) is 32.8 Å². The molecule has 0 aromatic rings. The van der Waals surface area contributed by atoms with Crippen LogP contribution in [0.25, 0.3) is 0 Å². The second-order valence-corrected chi connectivity index (χ2v) is 13.8. The van der Waals surface area contributed by atoms with Crippen LogP contribution < -0.4 is 0 Å². The molecule has 1 saturated heterocycles. The quantitative estimate of drug-likeness (QED) is 0.0393. The first-order valence-electron chi connectivity index (χ1n) is 20.4. The van der Waals surface area contributed by atoms with Crippen molar-refractivity contribution in [2.24, 2.45) is 0 Å². The van der Waals surface area contributed by atoms with E-state index in [1.807, 2.05) is 0 Å². The molecule has 1 unspecified atom stereocenters. The molecule has 0 aromatic carbocycles. The lowest BCUT2D eigenvalue weighted by molar-refractivity contribution is -0.153. The summed E-state index contributed by atoms with van der Waals surface area (Å²) in [4.78, 5) is 15.1. The Balaban J connectivity index is 2.03. The second-order valence-electron chi connectivity index (χ2n) is 13.8. The molecular formula is C43H77NO3. The largest absolute Gasteiger partial charge is 0.459 e. The summed E-state index contributed by atoms with van der Waals surface area (Å²) in [5, 5.41) is 0. The zero-order chi connectivity index (χ0) is 33.7. The van der Waals surface area contributed by atoms with Crippen molar-refractivity contribution in [1.29, 1.82) is 0 Å². The van der Waals surface area contributed by atoms with E-state index < -0.39 is 0 Å². The molecule has 1 aliphatic heterocycles. The van der Waals surface area contributed by atoms with Gasteiger partial charge in [0.2, 0.25) is 0 Å². The number of hydrogen-bond donors (Lipinski definition) is 0. The van der Waals surface area contributed by atoms with Gasteiger partial charge in [-0.3, -0.25) is 9.69 Å². The molecule has 0 amide bonds. The van der Waals surface area contributed by atoms with Crippen molar-refractivity contribution >= 4 is 5.97 Å². The Morgan fingerprint density at radius 2 is 1.02 bits per heavy atom. The van der Waals surface area contributed by atoms with Crippen molar-refractivity contribution in [1.82, 2.24) is 4.90 Å². The number of carbonyl (C=O) groups excluding carboxylic acids is 1. The molecule has 0 aromatic heterocycles. The van der Waals surface area contributed by atoms with Gasteiger partial charge in [0.05, 0.1) is 6.61 Å². The molecule has 0 bridgehead atoms. The van der Waals surface area contributed by atoms with Gasteiger partial charge in [-0.05, 0) is 103 Å². The van der Waals surface area contributed by atoms with E-state index in [-0.39, 0.29) is 12.1 Å². The minimum Gasteiger partial charge on any atom is -0.459 e. The summed E-state index contributed by atoms with van der Waals surface area (Å²) in [7, 11) is 0. The van der Waals surface area contributed by atoms with Crippen molar-refractivity contribution in [2.45, 2.75) is 187 Å². The topological polar surface area (TPSA) is 38.8 Å². The van der Waals surface area contributed by atoms with Crippen LogP contribution >= 0.6 is 0 Å². The number of hydrogen-bond acceptors (Lipinski definition) is 4. The van der Waals surface area contributed by atoms with Gasteiger partial charge in [0.15, 0.2) is 0 Å². The lowest BCUT2D eigenvalue weighted by Crippen LogP contribution is -2.36. The van der Waals surface area contributed by atoms with Crippen LogP contribution in [-0.2, 0) is 14.3 Å². The summed E-state index contributed by atoms with van der Waals surface area (Å²) < 4.78 is 12.0. The van der Waals surface area contributed by atoms with Crippen LogP contribution in [0, 0.1) is 0 Å². The van der Waals surface area contributed by atoms with E-state index >= 15 is 0 Å². The maximum Gasteiger partial charge on any atom is 0.306 e. The van der Waals surface area contributed by atoms with E-state index in [1.165, 1.54) is 128 Å². The van der Waals surface area contributed by atoms with E-state index in [9.17, 15) is 4.79 Å². The highest BCUT2D eigenvalue weighted by molar-refractivity contribution is 5.69. The summed E-state index contributed by atoms with van der Waals surface area (Å²) in [5.41, 5.74) is 0. The second kappa shape index (κ2) is 35.7. The van der Waals surface area contributed by atoms with Crippen molar-refractivity contribution in [3.63, 3.8) is 0 Å². The molecule has 0 radical (unpaired) electrons. The predicted octanol–water partition coefficient (Wildman–Crippen LogP) is 12.6. The fraction of sp³-hybridized carbons (Fsp3) is 0.791. The molecule has 4 heteroatoms. The standard InChI is InChI=1S/C43H77NO3/c1-3-5-7-9-11-13-15-17-19-21-23-25-27-29-31-35-39-46-41-42(40-44-37-33-34-38-44)47-43(45)36-32-30-28-26-24-22-20-18-16-14-12-10-8-6-4-2/h11-14,17-20,42H,3-10,15-16,21-41H2,1-2H3/b13-11-,14-12-,19-17-,20-18-. The van der Waals surface area contributed by atoms with Crippen LogP contribution in [0.4, 0.5) is 0 Å². The summed E-state index contributed by atoms with van der Waals surface area (Å²) in [6.07, 6.45) is 49.6. The zero-order valence-corrected chi connectivity index (χ0v) is 31.3. The summed E-state index contributed by atoms with van der Waals surface area (Å²) in [6, 6.07) is 0. The Morgan fingerprint density at radius 1 is 0.574 bits per heavy atom. The third-order valence-electron chi connectivity index (χ3n) is 9.08. The number of unbranched alkanes of at least 4 members (excludes halogenated alkanes) is 17. The molecule has 272 valence electrons. The first-order chi connectivity index (χ1) is 23.3. The smallest absolute Gasteiger partial charge is 0.306 e. The Kier molecular flexibility index (Phi) is 32.9. The summed E-state index contributed by atoms with van der Waals surface area (Å²) in [5.74, 6) is -0.0443. The normalized spacial score (nSPS) is 14.9. The van der Waals surface area contributed by atoms with E-state index in [0.29, 0.717) is 13.0 Å². The van der Waals surface area contributed by atoms with E-state index in [2.05, 4.69) is 67.4 Å². The van der Waals surface area contributed by atoms with Gasteiger partial charge in [-0.2, -0.15) is 0 Å². The predicted molar refractivity (Wildman–Crippen MR) is 205 cm³/mol. The Hall–Kier alpha value is -1.65. The van der Waals surface area contributed by atoms with E-state index in [1.54, 1.807) is 0 Å². The highest BCUT2D eigenvalue weighted by Crippen LogP contribution is 2.13. The van der Waals surface area contributed by atoms with Crippen LogP contribution in [0.5, 0.6) is 0 Å². The number of likely N-dealkylation sites (tertiary alicyclic amines) is 1. The SMILES string of the molecule is CCCCC/C=C\C/C=C\CCCCCCCCOCC(CN1CCCC1)OC(=O)CCCCCCC/C=C\C/C=C\CCCCC. The third kappa shape index (κ3) is 31.4. The van der Waals surface area contributed by atoms with E-state index in [4.69, 9.17) is 9.47 Å². The number of ether oxygens (including phenoxy) is 2. The molecule has 0 N–H and O–H groups in total. The Bertz CT molecular complexity index is 780. The highest BCUT2D eigenvalue weighted by Gasteiger charge is 2.21. The molecule has 1 atom stereocenters. The van der Waals surface area contributed by atoms with Gasteiger partial charge in [-0.25, -0.2) is 0 Å². The van der Waals surface area contributed by atoms with Crippen LogP contribution in [0.3, 0.4) is 0 Å². The minimum absolute atomic E-state index is 0.0443. The maximum absolute atomic E-state index is 12.6.